The maximum Gasteiger partial charge on any atom is 0.326 e. The van der Waals surface area contributed by atoms with Crippen molar-refractivity contribution in [1.82, 2.24) is 5.32 Å². The lowest BCUT2D eigenvalue weighted by Crippen LogP contribution is -2.36. The van der Waals surface area contributed by atoms with E-state index in [1.165, 1.54) is 25.1 Å². The van der Waals surface area contributed by atoms with Crippen LogP contribution in [0.4, 0.5) is 10.1 Å². The van der Waals surface area contributed by atoms with Crippen LogP contribution in [0.1, 0.15) is 24.2 Å². The zero-order valence-electron chi connectivity index (χ0n) is 15.5. The summed E-state index contributed by atoms with van der Waals surface area (Å²) in [6, 6.07) is 12.1. The Kier molecular flexibility index (Phi) is 7.50. The quantitative estimate of drug-likeness (QED) is 0.678. The monoisotopic (exact) mass is 388 g/mol. The molecule has 28 heavy (non-hydrogen) atoms. The minimum Gasteiger partial charge on any atom is -0.494 e. The molecular weight excluding hydrogens is 367 g/mol. The SMILES string of the molecule is CCOc1ccc(C(=O)NCC(=O)OC(C)C(=O)Nc2ccccc2F)cc1. The van der Waals surface area contributed by atoms with Gasteiger partial charge in [0.1, 0.15) is 18.1 Å². The first-order chi connectivity index (χ1) is 13.4. The number of anilines is 1. The molecule has 0 aromatic heterocycles. The molecule has 7 nitrogen and oxygen atoms in total. The molecule has 0 heterocycles. The summed E-state index contributed by atoms with van der Waals surface area (Å²) in [5.74, 6) is -1.92. The number of amides is 2. The van der Waals surface area contributed by atoms with Crippen molar-refractivity contribution in [2.24, 2.45) is 0 Å². The Labute approximate surface area is 161 Å². The van der Waals surface area contributed by atoms with E-state index in [1.54, 1.807) is 30.3 Å². The highest BCUT2D eigenvalue weighted by Gasteiger charge is 2.19. The van der Waals surface area contributed by atoms with Gasteiger partial charge >= 0.3 is 5.97 Å². The van der Waals surface area contributed by atoms with E-state index < -0.39 is 36.2 Å². The Hall–Kier alpha value is -3.42. The van der Waals surface area contributed by atoms with Gasteiger partial charge in [-0.15, -0.1) is 0 Å². The number of nitrogens with one attached hydrogen (secondary N) is 2. The van der Waals surface area contributed by atoms with Crippen LogP contribution in [0.5, 0.6) is 5.75 Å². The Bertz CT molecular complexity index is 839. The molecule has 0 bridgehead atoms. The third kappa shape index (κ3) is 6.08. The summed E-state index contributed by atoms with van der Waals surface area (Å²) in [5, 5.41) is 4.74. The molecule has 2 aromatic carbocycles. The first kappa shape index (κ1) is 20.9. The highest BCUT2D eigenvalue weighted by molar-refractivity contribution is 5.97. The van der Waals surface area contributed by atoms with Gasteiger partial charge in [0.2, 0.25) is 0 Å². The first-order valence-corrected chi connectivity index (χ1v) is 8.66. The minimum atomic E-state index is -1.16. The molecule has 2 N–H and O–H groups in total. The van der Waals surface area contributed by atoms with Crippen LogP contribution < -0.4 is 15.4 Å². The number of hydrogen-bond donors (Lipinski definition) is 2. The Morgan fingerprint density at radius 1 is 1.07 bits per heavy atom. The molecule has 0 radical (unpaired) electrons. The minimum absolute atomic E-state index is 0.0146. The summed E-state index contributed by atoms with van der Waals surface area (Å²) in [4.78, 5) is 35.9. The van der Waals surface area contributed by atoms with Crippen molar-refractivity contribution in [3.63, 3.8) is 0 Å². The number of ether oxygens (including phenoxy) is 2. The third-order valence-corrected chi connectivity index (χ3v) is 3.63. The second-order valence-corrected chi connectivity index (χ2v) is 5.74. The van der Waals surface area contributed by atoms with E-state index in [9.17, 15) is 18.8 Å². The standard InChI is InChI=1S/C20H21FN2O5/c1-3-27-15-10-8-14(9-11-15)20(26)22-12-18(24)28-13(2)19(25)23-17-7-5-4-6-16(17)21/h4-11,13H,3,12H2,1-2H3,(H,22,26)(H,23,25). The van der Waals surface area contributed by atoms with Crippen LogP contribution in [0.25, 0.3) is 0 Å². The van der Waals surface area contributed by atoms with E-state index in [0.717, 1.165) is 0 Å². The number of rotatable bonds is 8. The molecule has 2 rings (SSSR count). The van der Waals surface area contributed by atoms with Crippen LogP contribution in [0.15, 0.2) is 48.5 Å². The lowest BCUT2D eigenvalue weighted by molar-refractivity contribution is -0.152. The van der Waals surface area contributed by atoms with E-state index >= 15 is 0 Å². The number of carbonyl (C=O) groups is 3. The number of benzene rings is 2. The summed E-state index contributed by atoms with van der Waals surface area (Å²) in [6.07, 6.45) is -1.16. The molecule has 2 aromatic rings. The third-order valence-electron chi connectivity index (χ3n) is 3.63. The van der Waals surface area contributed by atoms with Gasteiger partial charge in [-0.25, -0.2) is 4.39 Å². The normalized spacial score (nSPS) is 11.2. The van der Waals surface area contributed by atoms with Crippen molar-refractivity contribution in [3.05, 3.63) is 59.9 Å². The Morgan fingerprint density at radius 2 is 1.75 bits per heavy atom. The van der Waals surface area contributed by atoms with E-state index in [2.05, 4.69) is 10.6 Å². The van der Waals surface area contributed by atoms with Gasteiger partial charge in [0.05, 0.1) is 12.3 Å². The fourth-order valence-corrected chi connectivity index (χ4v) is 2.21. The highest BCUT2D eigenvalue weighted by atomic mass is 19.1. The summed E-state index contributed by atoms with van der Waals surface area (Å²) in [7, 11) is 0. The molecule has 0 saturated heterocycles. The van der Waals surface area contributed by atoms with Gasteiger partial charge in [-0.3, -0.25) is 14.4 Å². The number of hydrogen-bond acceptors (Lipinski definition) is 5. The average Bonchev–Trinajstić information content (AvgIpc) is 2.68. The molecule has 8 heteroatoms. The lowest BCUT2D eigenvalue weighted by Gasteiger charge is -2.14. The molecular formula is C20H21FN2O5. The first-order valence-electron chi connectivity index (χ1n) is 8.66. The summed E-state index contributed by atoms with van der Waals surface area (Å²) < 4.78 is 23.8. The topological polar surface area (TPSA) is 93.7 Å². The molecule has 148 valence electrons. The van der Waals surface area contributed by atoms with Crippen molar-refractivity contribution in [2.75, 3.05) is 18.5 Å². The van der Waals surface area contributed by atoms with Crippen LogP contribution in [0.2, 0.25) is 0 Å². The number of halogens is 1. The average molecular weight is 388 g/mol. The second-order valence-electron chi connectivity index (χ2n) is 5.74. The maximum atomic E-state index is 13.5. The summed E-state index contributed by atoms with van der Waals surface area (Å²) >= 11 is 0. The van der Waals surface area contributed by atoms with Crippen LogP contribution in [0, 0.1) is 5.82 Å². The van der Waals surface area contributed by atoms with Gasteiger partial charge in [-0.05, 0) is 50.2 Å². The Balaban J connectivity index is 1.80. The van der Waals surface area contributed by atoms with Crippen LogP contribution in [0.3, 0.4) is 0 Å². The van der Waals surface area contributed by atoms with Gasteiger partial charge in [-0.2, -0.15) is 0 Å². The fraction of sp³-hybridized carbons (Fsp3) is 0.250. The van der Waals surface area contributed by atoms with Gasteiger partial charge < -0.3 is 20.1 Å². The largest absolute Gasteiger partial charge is 0.494 e. The molecule has 0 aliphatic rings. The van der Waals surface area contributed by atoms with Gasteiger partial charge in [0, 0.05) is 5.56 Å². The molecule has 0 saturated carbocycles. The number of para-hydroxylation sites is 1. The fourth-order valence-electron chi connectivity index (χ4n) is 2.21. The van der Waals surface area contributed by atoms with Crippen LogP contribution in [-0.4, -0.2) is 37.0 Å². The zero-order chi connectivity index (χ0) is 20.5. The Morgan fingerprint density at radius 3 is 2.39 bits per heavy atom. The van der Waals surface area contributed by atoms with Crippen molar-refractivity contribution in [3.8, 4) is 5.75 Å². The van der Waals surface area contributed by atoms with Crippen molar-refractivity contribution in [2.45, 2.75) is 20.0 Å². The number of esters is 1. The molecule has 1 unspecified atom stereocenters. The van der Waals surface area contributed by atoms with E-state index in [0.29, 0.717) is 17.9 Å². The predicted octanol–water partition coefficient (Wildman–Crippen LogP) is 2.52. The van der Waals surface area contributed by atoms with E-state index in [-0.39, 0.29) is 5.69 Å². The molecule has 0 fully saturated rings. The van der Waals surface area contributed by atoms with Crippen molar-refractivity contribution in [1.29, 1.82) is 0 Å². The van der Waals surface area contributed by atoms with Gasteiger partial charge in [0.15, 0.2) is 6.10 Å². The van der Waals surface area contributed by atoms with Gasteiger partial charge in [0.25, 0.3) is 11.8 Å². The number of carbonyl (C=O) groups excluding carboxylic acids is 3. The molecule has 0 aliphatic heterocycles. The maximum absolute atomic E-state index is 13.5. The molecule has 0 spiro atoms. The van der Waals surface area contributed by atoms with Crippen LogP contribution >= 0.6 is 0 Å². The van der Waals surface area contributed by atoms with Gasteiger partial charge in [-0.1, -0.05) is 12.1 Å². The van der Waals surface area contributed by atoms with E-state index in [4.69, 9.17) is 9.47 Å². The van der Waals surface area contributed by atoms with E-state index in [1.807, 2.05) is 6.92 Å². The van der Waals surface area contributed by atoms with Crippen molar-refractivity contribution >= 4 is 23.5 Å². The second kappa shape index (κ2) is 10.1. The van der Waals surface area contributed by atoms with Crippen molar-refractivity contribution < 1.29 is 28.2 Å². The predicted molar refractivity (Wildman–Crippen MR) is 101 cm³/mol. The smallest absolute Gasteiger partial charge is 0.326 e. The zero-order valence-corrected chi connectivity index (χ0v) is 15.5. The molecule has 0 aliphatic carbocycles. The lowest BCUT2D eigenvalue weighted by atomic mass is 10.2. The highest BCUT2D eigenvalue weighted by Crippen LogP contribution is 2.13. The summed E-state index contributed by atoms with van der Waals surface area (Å²) in [6.45, 7) is 3.30. The molecule has 2 amide bonds. The molecule has 1 atom stereocenters. The summed E-state index contributed by atoms with van der Waals surface area (Å²) in [5.41, 5.74) is 0.334. The van der Waals surface area contributed by atoms with Crippen LogP contribution in [-0.2, 0) is 14.3 Å².